The standard InChI is InChI=1S/C8H15NO3S/c9-7-1-3-12-8(5-7)2-4-13(10,11)6-8/h7H,1-6,9H2. The molecule has 2 aliphatic heterocycles. The summed E-state index contributed by atoms with van der Waals surface area (Å²) in [6, 6.07) is 0.113. The van der Waals surface area contributed by atoms with Gasteiger partial charge in [-0.15, -0.1) is 0 Å². The fraction of sp³-hybridized carbons (Fsp3) is 1.00. The van der Waals surface area contributed by atoms with Gasteiger partial charge in [0.05, 0.1) is 17.1 Å². The predicted octanol–water partition coefficient (Wildman–Crippen LogP) is -0.319. The van der Waals surface area contributed by atoms with Gasteiger partial charge in [0.25, 0.3) is 0 Å². The van der Waals surface area contributed by atoms with E-state index in [1.165, 1.54) is 0 Å². The third-order valence-electron chi connectivity index (χ3n) is 2.88. The maximum atomic E-state index is 11.3. The second-order valence-corrected chi connectivity index (χ2v) is 6.31. The molecule has 4 nitrogen and oxygen atoms in total. The zero-order valence-electron chi connectivity index (χ0n) is 7.53. The van der Waals surface area contributed by atoms with Crippen molar-refractivity contribution in [2.75, 3.05) is 18.1 Å². The average Bonchev–Trinajstić information content (AvgIpc) is 2.26. The Bertz CT molecular complexity index is 301. The molecule has 0 saturated carbocycles. The molecule has 0 amide bonds. The lowest BCUT2D eigenvalue weighted by Crippen LogP contribution is -2.45. The van der Waals surface area contributed by atoms with Crippen LogP contribution in [0.5, 0.6) is 0 Å². The van der Waals surface area contributed by atoms with Crippen molar-refractivity contribution >= 4 is 9.84 Å². The van der Waals surface area contributed by atoms with Gasteiger partial charge in [0.2, 0.25) is 0 Å². The summed E-state index contributed by atoms with van der Waals surface area (Å²) in [6.07, 6.45) is 2.18. The highest BCUT2D eigenvalue weighted by Gasteiger charge is 2.45. The summed E-state index contributed by atoms with van der Waals surface area (Å²) in [5.74, 6) is 0.438. The van der Waals surface area contributed by atoms with E-state index in [0.29, 0.717) is 19.4 Å². The minimum atomic E-state index is -2.86. The second-order valence-electron chi connectivity index (χ2n) is 4.13. The van der Waals surface area contributed by atoms with Crippen LogP contribution in [0.1, 0.15) is 19.3 Å². The van der Waals surface area contributed by atoms with Crippen molar-refractivity contribution in [1.82, 2.24) is 0 Å². The van der Waals surface area contributed by atoms with Crippen molar-refractivity contribution in [2.24, 2.45) is 5.73 Å². The van der Waals surface area contributed by atoms with Crippen LogP contribution in [0.25, 0.3) is 0 Å². The maximum Gasteiger partial charge on any atom is 0.153 e. The number of sulfone groups is 1. The largest absolute Gasteiger partial charge is 0.374 e. The summed E-state index contributed by atoms with van der Waals surface area (Å²) in [7, 11) is -2.86. The Labute approximate surface area is 78.4 Å². The van der Waals surface area contributed by atoms with Crippen LogP contribution >= 0.6 is 0 Å². The number of nitrogens with two attached hydrogens (primary N) is 1. The van der Waals surface area contributed by atoms with Crippen LogP contribution in [0.2, 0.25) is 0 Å². The molecule has 0 aromatic carbocycles. The van der Waals surface area contributed by atoms with Gasteiger partial charge >= 0.3 is 0 Å². The van der Waals surface area contributed by atoms with Crippen LogP contribution in [-0.4, -0.2) is 38.2 Å². The summed E-state index contributed by atoms with van der Waals surface area (Å²) in [4.78, 5) is 0. The monoisotopic (exact) mass is 205 g/mol. The molecule has 76 valence electrons. The molecule has 13 heavy (non-hydrogen) atoms. The molecule has 5 heteroatoms. The zero-order valence-corrected chi connectivity index (χ0v) is 8.35. The Morgan fingerprint density at radius 3 is 2.77 bits per heavy atom. The molecule has 2 atom stereocenters. The van der Waals surface area contributed by atoms with Crippen molar-refractivity contribution < 1.29 is 13.2 Å². The van der Waals surface area contributed by atoms with Gasteiger partial charge in [0, 0.05) is 12.6 Å². The van der Waals surface area contributed by atoms with Gasteiger partial charge < -0.3 is 10.5 Å². The van der Waals surface area contributed by atoms with Crippen LogP contribution in [0, 0.1) is 0 Å². The number of hydrogen-bond donors (Lipinski definition) is 1. The Hall–Kier alpha value is -0.130. The lowest BCUT2D eigenvalue weighted by molar-refractivity contribution is -0.0656. The fourth-order valence-corrected chi connectivity index (χ4v) is 4.20. The summed E-state index contributed by atoms with van der Waals surface area (Å²) in [6.45, 7) is 0.608. The molecule has 2 N–H and O–H groups in total. The SMILES string of the molecule is NC1CCOC2(CCS(=O)(=O)C2)C1. The van der Waals surface area contributed by atoms with E-state index in [1.54, 1.807) is 0 Å². The fourth-order valence-electron chi connectivity index (χ4n) is 2.23. The van der Waals surface area contributed by atoms with E-state index >= 15 is 0 Å². The minimum absolute atomic E-state index is 0.113. The smallest absolute Gasteiger partial charge is 0.153 e. The van der Waals surface area contributed by atoms with Crippen molar-refractivity contribution in [2.45, 2.75) is 30.9 Å². The van der Waals surface area contributed by atoms with E-state index in [4.69, 9.17) is 10.5 Å². The molecule has 0 aliphatic carbocycles. The summed E-state index contributed by atoms with van der Waals surface area (Å²) >= 11 is 0. The van der Waals surface area contributed by atoms with Crippen LogP contribution in [0.4, 0.5) is 0 Å². The van der Waals surface area contributed by atoms with E-state index in [-0.39, 0.29) is 17.5 Å². The topological polar surface area (TPSA) is 69.4 Å². The van der Waals surface area contributed by atoms with Gasteiger partial charge in [0.1, 0.15) is 0 Å². The first kappa shape index (κ1) is 9.43. The van der Waals surface area contributed by atoms with Crippen LogP contribution < -0.4 is 5.73 Å². The molecule has 2 saturated heterocycles. The Kier molecular flexibility index (Phi) is 2.13. The van der Waals surface area contributed by atoms with E-state index < -0.39 is 15.4 Å². The van der Waals surface area contributed by atoms with Crippen molar-refractivity contribution in [1.29, 1.82) is 0 Å². The molecule has 2 aliphatic rings. The van der Waals surface area contributed by atoms with E-state index in [2.05, 4.69) is 0 Å². The summed E-state index contributed by atoms with van der Waals surface area (Å²) < 4.78 is 28.2. The summed E-state index contributed by atoms with van der Waals surface area (Å²) in [5, 5.41) is 0. The van der Waals surface area contributed by atoms with Crippen molar-refractivity contribution in [3.05, 3.63) is 0 Å². The highest BCUT2D eigenvalue weighted by molar-refractivity contribution is 7.91. The Balaban J connectivity index is 2.14. The number of hydrogen-bond acceptors (Lipinski definition) is 4. The normalized spacial score (nSPS) is 43.9. The van der Waals surface area contributed by atoms with Gasteiger partial charge in [-0.1, -0.05) is 0 Å². The van der Waals surface area contributed by atoms with Gasteiger partial charge in [-0.2, -0.15) is 0 Å². The van der Waals surface area contributed by atoms with Crippen molar-refractivity contribution in [3.8, 4) is 0 Å². The molecule has 0 aromatic heterocycles. The molecule has 1 spiro atoms. The zero-order chi connectivity index (χ0) is 9.53. The third-order valence-corrected chi connectivity index (χ3v) is 4.67. The van der Waals surface area contributed by atoms with E-state index in [1.807, 2.05) is 0 Å². The minimum Gasteiger partial charge on any atom is -0.374 e. The molecule has 0 bridgehead atoms. The second kappa shape index (κ2) is 2.93. The van der Waals surface area contributed by atoms with Crippen LogP contribution in [-0.2, 0) is 14.6 Å². The Morgan fingerprint density at radius 1 is 1.46 bits per heavy atom. The van der Waals surface area contributed by atoms with E-state index in [0.717, 1.165) is 6.42 Å². The number of rotatable bonds is 0. The molecular formula is C8H15NO3S. The predicted molar refractivity (Wildman–Crippen MR) is 49.2 cm³/mol. The Morgan fingerprint density at radius 2 is 2.23 bits per heavy atom. The van der Waals surface area contributed by atoms with Gasteiger partial charge in [-0.05, 0) is 19.3 Å². The van der Waals surface area contributed by atoms with Crippen LogP contribution in [0.3, 0.4) is 0 Å². The molecule has 2 fully saturated rings. The molecular weight excluding hydrogens is 190 g/mol. The van der Waals surface area contributed by atoms with Gasteiger partial charge in [-0.25, -0.2) is 8.42 Å². The highest BCUT2D eigenvalue weighted by atomic mass is 32.2. The third kappa shape index (κ3) is 1.87. The first-order chi connectivity index (χ1) is 6.02. The maximum absolute atomic E-state index is 11.3. The molecule has 2 heterocycles. The van der Waals surface area contributed by atoms with Gasteiger partial charge in [-0.3, -0.25) is 0 Å². The summed E-state index contributed by atoms with van der Waals surface area (Å²) in [5.41, 5.74) is 5.37. The van der Waals surface area contributed by atoms with Crippen LogP contribution in [0.15, 0.2) is 0 Å². The lowest BCUT2D eigenvalue weighted by Gasteiger charge is -2.35. The molecule has 0 radical (unpaired) electrons. The first-order valence-electron chi connectivity index (χ1n) is 4.61. The quantitative estimate of drug-likeness (QED) is 0.588. The molecule has 0 aromatic rings. The average molecular weight is 205 g/mol. The first-order valence-corrected chi connectivity index (χ1v) is 6.44. The van der Waals surface area contributed by atoms with Gasteiger partial charge in [0.15, 0.2) is 9.84 Å². The van der Waals surface area contributed by atoms with Crippen molar-refractivity contribution in [3.63, 3.8) is 0 Å². The molecule has 2 rings (SSSR count). The lowest BCUT2D eigenvalue weighted by atomic mass is 9.90. The highest BCUT2D eigenvalue weighted by Crippen LogP contribution is 2.34. The van der Waals surface area contributed by atoms with E-state index in [9.17, 15) is 8.42 Å². The number of ether oxygens (including phenoxy) is 1. The molecule has 2 unspecified atom stereocenters.